The Balaban J connectivity index is 1.34. The van der Waals surface area contributed by atoms with Crippen molar-refractivity contribution in [1.82, 2.24) is 25.2 Å². The Morgan fingerprint density at radius 1 is 1.32 bits per heavy atom. The second-order valence-electron chi connectivity index (χ2n) is 8.11. The molecule has 0 aromatic carbocycles. The summed E-state index contributed by atoms with van der Waals surface area (Å²) in [5, 5.41) is 11.4. The molecule has 1 N–H and O–H groups in total. The first-order chi connectivity index (χ1) is 12.1. The molecule has 3 heterocycles. The van der Waals surface area contributed by atoms with Crippen LogP contribution in [-0.4, -0.2) is 44.2 Å². The summed E-state index contributed by atoms with van der Waals surface area (Å²) in [7, 11) is 0. The standard InChI is InChI=1S/C18H23N5O2/c1-18(17-19-15(22-25-17)12-5-6-12)7-2-8-23(10-18)16(24)14-9-13(20-21-14)11-3-4-11/h9,11-12H,2-8,10H2,1H3,(H,20,21)/t18-/m0/s1. The third-order valence-electron chi connectivity index (χ3n) is 5.72. The SMILES string of the molecule is C[C@]1(c2nc(C3CC3)no2)CCCN(C(=O)c2cc(C3CC3)[nH]n2)C1. The first kappa shape index (κ1) is 15.1. The monoisotopic (exact) mass is 341 g/mol. The number of aromatic nitrogens is 4. The molecule has 7 nitrogen and oxygen atoms in total. The third-order valence-corrected chi connectivity index (χ3v) is 5.72. The Labute approximate surface area is 146 Å². The van der Waals surface area contributed by atoms with E-state index >= 15 is 0 Å². The number of hydrogen-bond acceptors (Lipinski definition) is 5. The molecule has 5 rings (SSSR count). The van der Waals surface area contributed by atoms with Crippen molar-refractivity contribution in [3.8, 4) is 0 Å². The fourth-order valence-corrected chi connectivity index (χ4v) is 3.79. The van der Waals surface area contributed by atoms with Crippen LogP contribution in [0, 0.1) is 0 Å². The van der Waals surface area contributed by atoms with Gasteiger partial charge >= 0.3 is 0 Å². The fourth-order valence-electron chi connectivity index (χ4n) is 3.79. The van der Waals surface area contributed by atoms with Crippen LogP contribution in [0.2, 0.25) is 0 Å². The maximum absolute atomic E-state index is 12.9. The molecule has 1 saturated heterocycles. The van der Waals surface area contributed by atoms with E-state index < -0.39 is 0 Å². The highest BCUT2D eigenvalue weighted by Gasteiger charge is 2.41. The van der Waals surface area contributed by atoms with E-state index in [1.165, 1.54) is 12.8 Å². The molecule has 2 aromatic rings. The van der Waals surface area contributed by atoms with Gasteiger partial charge in [0.05, 0.1) is 5.41 Å². The smallest absolute Gasteiger partial charge is 0.274 e. The highest BCUT2D eigenvalue weighted by Crippen LogP contribution is 2.41. The minimum absolute atomic E-state index is 0.00370. The number of carbonyl (C=O) groups excluding carboxylic acids is 1. The van der Waals surface area contributed by atoms with Crippen LogP contribution >= 0.6 is 0 Å². The molecule has 3 aliphatic rings. The Kier molecular flexibility index (Phi) is 3.27. The molecular weight excluding hydrogens is 318 g/mol. The second kappa shape index (κ2) is 5.41. The third kappa shape index (κ3) is 2.75. The summed E-state index contributed by atoms with van der Waals surface area (Å²) in [6, 6.07) is 1.92. The van der Waals surface area contributed by atoms with Crippen molar-refractivity contribution in [3.05, 3.63) is 29.2 Å². The Hall–Kier alpha value is -2.18. The lowest BCUT2D eigenvalue weighted by molar-refractivity contribution is 0.0614. The van der Waals surface area contributed by atoms with Gasteiger partial charge in [-0.3, -0.25) is 9.89 Å². The van der Waals surface area contributed by atoms with E-state index in [0.29, 0.717) is 30.0 Å². The van der Waals surface area contributed by atoms with Crippen LogP contribution in [0.15, 0.2) is 10.6 Å². The highest BCUT2D eigenvalue weighted by atomic mass is 16.5. The zero-order chi connectivity index (χ0) is 17.0. The summed E-state index contributed by atoms with van der Waals surface area (Å²) in [4.78, 5) is 19.4. The lowest BCUT2D eigenvalue weighted by Crippen LogP contribution is -2.47. The van der Waals surface area contributed by atoms with Gasteiger partial charge in [-0.1, -0.05) is 5.16 Å². The fraction of sp³-hybridized carbons (Fsp3) is 0.667. The van der Waals surface area contributed by atoms with Gasteiger partial charge in [0, 0.05) is 30.6 Å². The topological polar surface area (TPSA) is 87.9 Å². The van der Waals surface area contributed by atoms with Gasteiger partial charge in [-0.05, 0) is 51.5 Å². The summed E-state index contributed by atoms with van der Waals surface area (Å²) in [5.41, 5.74) is 1.34. The molecule has 0 bridgehead atoms. The second-order valence-corrected chi connectivity index (χ2v) is 8.11. The van der Waals surface area contributed by atoms with Gasteiger partial charge < -0.3 is 9.42 Å². The molecule has 2 aromatic heterocycles. The molecule has 2 aliphatic carbocycles. The van der Waals surface area contributed by atoms with Crippen LogP contribution in [0.25, 0.3) is 0 Å². The lowest BCUT2D eigenvalue weighted by atomic mass is 9.81. The molecule has 132 valence electrons. The lowest BCUT2D eigenvalue weighted by Gasteiger charge is -2.37. The summed E-state index contributed by atoms with van der Waals surface area (Å²) in [6.07, 6.45) is 6.59. The number of amides is 1. The Morgan fingerprint density at radius 2 is 2.12 bits per heavy atom. The van der Waals surface area contributed by atoms with Crippen molar-refractivity contribution in [1.29, 1.82) is 0 Å². The molecule has 25 heavy (non-hydrogen) atoms. The predicted molar refractivity (Wildman–Crippen MR) is 89.3 cm³/mol. The molecule has 0 spiro atoms. The molecule has 2 saturated carbocycles. The number of likely N-dealkylation sites (tertiary alicyclic amines) is 1. The minimum atomic E-state index is -0.274. The van der Waals surface area contributed by atoms with Gasteiger partial charge in [-0.25, -0.2) is 0 Å². The summed E-state index contributed by atoms with van der Waals surface area (Å²) < 4.78 is 5.57. The van der Waals surface area contributed by atoms with Crippen molar-refractivity contribution in [2.45, 2.75) is 62.7 Å². The number of H-pyrrole nitrogens is 1. The van der Waals surface area contributed by atoms with Crippen molar-refractivity contribution in [3.63, 3.8) is 0 Å². The molecule has 0 radical (unpaired) electrons. The van der Waals surface area contributed by atoms with E-state index in [2.05, 4.69) is 27.3 Å². The normalized spacial score (nSPS) is 26.8. The van der Waals surface area contributed by atoms with Crippen LogP contribution < -0.4 is 0 Å². The number of aromatic amines is 1. The number of carbonyl (C=O) groups is 1. The molecule has 1 atom stereocenters. The van der Waals surface area contributed by atoms with Crippen molar-refractivity contribution in [2.24, 2.45) is 0 Å². The van der Waals surface area contributed by atoms with Gasteiger partial charge in [0.2, 0.25) is 5.89 Å². The molecule has 1 amide bonds. The average molecular weight is 341 g/mol. The van der Waals surface area contributed by atoms with Crippen LogP contribution in [0.5, 0.6) is 0 Å². The van der Waals surface area contributed by atoms with E-state index in [-0.39, 0.29) is 11.3 Å². The molecule has 0 unspecified atom stereocenters. The van der Waals surface area contributed by atoms with Crippen molar-refractivity contribution < 1.29 is 9.32 Å². The summed E-state index contributed by atoms with van der Waals surface area (Å²) in [6.45, 7) is 3.48. The largest absolute Gasteiger partial charge is 0.339 e. The Morgan fingerprint density at radius 3 is 2.88 bits per heavy atom. The van der Waals surface area contributed by atoms with E-state index in [0.717, 1.165) is 43.7 Å². The quantitative estimate of drug-likeness (QED) is 0.924. The maximum Gasteiger partial charge on any atom is 0.274 e. The van der Waals surface area contributed by atoms with Gasteiger partial charge in [-0.2, -0.15) is 10.1 Å². The van der Waals surface area contributed by atoms with Crippen LogP contribution in [0.1, 0.15) is 85.2 Å². The first-order valence-electron chi connectivity index (χ1n) is 9.31. The summed E-state index contributed by atoms with van der Waals surface area (Å²) in [5.74, 6) is 2.55. The van der Waals surface area contributed by atoms with Gasteiger partial charge in [0.15, 0.2) is 5.82 Å². The van der Waals surface area contributed by atoms with Crippen LogP contribution in [0.3, 0.4) is 0 Å². The Bertz CT molecular complexity index is 804. The number of rotatable bonds is 4. The predicted octanol–water partition coefficient (Wildman–Crippen LogP) is 2.74. The summed E-state index contributed by atoms with van der Waals surface area (Å²) >= 11 is 0. The zero-order valence-electron chi connectivity index (χ0n) is 14.5. The molecular formula is C18H23N5O2. The van der Waals surface area contributed by atoms with Crippen molar-refractivity contribution >= 4 is 5.91 Å². The molecule has 1 aliphatic heterocycles. The van der Waals surface area contributed by atoms with E-state index in [1.54, 1.807) is 0 Å². The highest BCUT2D eigenvalue weighted by molar-refractivity contribution is 5.92. The number of nitrogens with zero attached hydrogens (tertiary/aromatic N) is 4. The number of nitrogens with one attached hydrogen (secondary N) is 1. The zero-order valence-corrected chi connectivity index (χ0v) is 14.5. The van der Waals surface area contributed by atoms with Gasteiger partial charge in [0.25, 0.3) is 5.91 Å². The van der Waals surface area contributed by atoms with Gasteiger partial charge in [-0.15, -0.1) is 0 Å². The average Bonchev–Trinajstić information content (AvgIpc) is 3.55. The van der Waals surface area contributed by atoms with Crippen LogP contribution in [0.4, 0.5) is 0 Å². The van der Waals surface area contributed by atoms with E-state index in [1.807, 2.05) is 11.0 Å². The van der Waals surface area contributed by atoms with E-state index in [9.17, 15) is 4.79 Å². The molecule has 7 heteroatoms. The first-order valence-corrected chi connectivity index (χ1v) is 9.31. The number of piperidine rings is 1. The van der Waals surface area contributed by atoms with Gasteiger partial charge in [0.1, 0.15) is 5.69 Å². The van der Waals surface area contributed by atoms with Crippen molar-refractivity contribution in [2.75, 3.05) is 13.1 Å². The maximum atomic E-state index is 12.9. The number of hydrogen-bond donors (Lipinski definition) is 1. The minimum Gasteiger partial charge on any atom is -0.339 e. The molecule has 3 fully saturated rings. The van der Waals surface area contributed by atoms with Crippen LogP contribution in [-0.2, 0) is 5.41 Å². The van der Waals surface area contributed by atoms with E-state index in [4.69, 9.17) is 4.52 Å².